The molecule has 1 saturated carbocycles. The Morgan fingerprint density at radius 2 is 1.90 bits per heavy atom. The van der Waals surface area contributed by atoms with Crippen molar-refractivity contribution in [2.75, 3.05) is 18.4 Å². The average molecular weight is 453 g/mol. The van der Waals surface area contributed by atoms with Gasteiger partial charge >= 0.3 is 0 Å². The van der Waals surface area contributed by atoms with Gasteiger partial charge in [-0.05, 0) is 30.5 Å². The minimum atomic E-state index is -3.69. The van der Waals surface area contributed by atoms with Crippen molar-refractivity contribution in [1.82, 2.24) is 14.5 Å². The molecule has 164 valence electrons. The number of hydrogen-bond donors (Lipinski definition) is 2. The van der Waals surface area contributed by atoms with Gasteiger partial charge in [0.15, 0.2) is 5.82 Å². The molecule has 0 radical (unpaired) electrons. The molecule has 9 heteroatoms. The lowest BCUT2D eigenvalue weighted by molar-refractivity contribution is 0.102. The van der Waals surface area contributed by atoms with Gasteiger partial charge in [0.2, 0.25) is 10.0 Å². The number of benzene rings is 1. The van der Waals surface area contributed by atoms with Crippen molar-refractivity contribution >= 4 is 33.3 Å². The summed E-state index contributed by atoms with van der Waals surface area (Å²) in [5.41, 5.74) is 1.09. The zero-order chi connectivity index (χ0) is 21.7. The van der Waals surface area contributed by atoms with Gasteiger partial charge in [-0.25, -0.2) is 8.42 Å². The molecule has 0 saturated heterocycles. The Labute approximate surface area is 183 Å². The van der Waals surface area contributed by atoms with Gasteiger partial charge in [-0.1, -0.05) is 57.6 Å². The highest BCUT2D eigenvalue weighted by Gasteiger charge is 2.24. The maximum absolute atomic E-state index is 12.8. The predicted octanol–water partition coefficient (Wildman–Crippen LogP) is 4.47. The normalized spacial score (nSPS) is 15.5. The minimum absolute atomic E-state index is 0.0424. The van der Waals surface area contributed by atoms with E-state index in [-0.39, 0.29) is 15.5 Å². The first-order valence-corrected chi connectivity index (χ1v) is 12.3. The molecule has 1 aliphatic carbocycles. The maximum Gasteiger partial charge on any atom is 0.258 e. The third-order valence-electron chi connectivity index (χ3n) is 5.63. The zero-order valence-corrected chi connectivity index (χ0v) is 19.0. The van der Waals surface area contributed by atoms with Crippen LogP contribution in [-0.2, 0) is 16.4 Å². The van der Waals surface area contributed by atoms with E-state index in [1.54, 1.807) is 13.8 Å². The first kappa shape index (κ1) is 22.8. The number of nitrogens with one attached hydrogen (secondary N) is 2. The second-order valence-corrected chi connectivity index (χ2v) is 10.0. The molecule has 1 aliphatic rings. The Morgan fingerprint density at radius 3 is 2.57 bits per heavy atom. The van der Waals surface area contributed by atoms with E-state index in [1.807, 2.05) is 6.07 Å². The number of carbonyl (C=O) groups excluding carboxylic acids is 1. The number of aromatic amines is 1. The molecule has 0 atom stereocenters. The summed E-state index contributed by atoms with van der Waals surface area (Å²) in [6, 6.07) is 6.01. The maximum atomic E-state index is 12.8. The number of carbonyl (C=O) groups is 1. The van der Waals surface area contributed by atoms with Crippen molar-refractivity contribution < 1.29 is 13.2 Å². The number of sulfonamides is 1. The molecular weight excluding hydrogens is 424 g/mol. The standard InChI is InChI=1S/C21H29ClN4O3S/c1-3-26(4-2)30(28,29)17-10-11-19(22)18(14-17)21(27)23-20-13-16(24-25-20)12-15-8-6-5-7-9-15/h10-11,13-15H,3-9,12H2,1-2H3,(H2,23,24,25,27). The van der Waals surface area contributed by atoms with Crippen LogP contribution in [0, 0.1) is 5.92 Å². The fourth-order valence-corrected chi connectivity index (χ4v) is 5.66. The number of aromatic nitrogens is 2. The highest BCUT2D eigenvalue weighted by molar-refractivity contribution is 7.89. The Hall–Kier alpha value is -1.90. The summed E-state index contributed by atoms with van der Waals surface area (Å²) < 4.78 is 26.9. The van der Waals surface area contributed by atoms with E-state index in [1.165, 1.54) is 54.6 Å². The van der Waals surface area contributed by atoms with Gasteiger partial charge in [0.1, 0.15) is 0 Å². The van der Waals surface area contributed by atoms with Gasteiger partial charge in [-0.2, -0.15) is 9.40 Å². The lowest BCUT2D eigenvalue weighted by atomic mass is 9.86. The van der Waals surface area contributed by atoms with Crippen LogP contribution in [-0.4, -0.2) is 41.9 Å². The third-order valence-corrected chi connectivity index (χ3v) is 8.01. The Bertz CT molecular complexity index is 980. The lowest BCUT2D eigenvalue weighted by Crippen LogP contribution is -2.30. The largest absolute Gasteiger partial charge is 0.305 e. The fourth-order valence-electron chi connectivity index (χ4n) is 3.97. The Balaban J connectivity index is 1.74. The molecule has 2 N–H and O–H groups in total. The van der Waals surface area contributed by atoms with E-state index in [4.69, 9.17) is 11.6 Å². The summed E-state index contributed by atoms with van der Waals surface area (Å²) in [5.74, 6) is 0.561. The topological polar surface area (TPSA) is 95.2 Å². The molecule has 1 amide bonds. The highest BCUT2D eigenvalue weighted by atomic mass is 35.5. The number of halogens is 1. The second kappa shape index (κ2) is 9.94. The third kappa shape index (κ3) is 5.22. The Kier molecular flexibility index (Phi) is 7.55. The first-order valence-electron chi connectivity index (χ1n) is 10.5. The molecule has 1 aromatic carbocycles. The molecule has 0 unspecified atom stereocenters. The van der Waals surface area contributed by atoms with E-state index in [9.17, 15) is 13.2 Å². The summed E-state index contributed by atoms with van der Waals surface area (Å²) in [6.07, 6.45) is 7.22. The van der Waals surface area contributed by atoms with E-state index in [0.717, 1.165) is 12.1 Å². The smallest absolute Gasteiger partial charge is 0.258 e. The van der Waals surface area contributed by atoms with Gasteiger partial charge in [0, 0.05) is 24.8 Å². The average Bonchev–Trinajstić information content (AvgIpc) is 3.16. The molecule has 0 bridgehead atoms. The van der Waals surface area contributed by atoms with Crippen molar-refractivity contribution in [1.29, 1.82) is 0 Å². The number of rotatable bonds is 8. The molecule has 3 rings (SSSR count). The molecule has 30 heavy (non-hydrogen) atoms. The number of anilines is 1. The van der Waals surface area contributed by atoms with E-state index < -0.39 is 15.9 Å². The minimum Gasteiger partial charge on any atom is -0.305 e. The molecule has 7 nitrogen and oxygen atoms in total. The van der Waals surface area contributed by atoms with Crippen LogP contribution in [0.4, 0.5) is 5.82 Å². The summed E-state index contributed by atoms with van der Waals surface area (Å²) in [4.78, 5) is 12.8. The SMILES string of the molecule is CCN(CC)S(=O)(=O)c1ccc(Cl)c(C(=O)Nc2cc(CC3CCCCC3)[nH]n2)c1. The van der Waals surface area contributed by atoms with E-state index in [2.05, 4.69) is 15.5 Å². The van der Waals surface area contributed by atoms with Crippen LogP contribution in [0.25, 0.3) is 0 Å². The molecule has 1 fully saturated rings. The van der Waals surface area contributed by atoms with Crippen LogP contribution in [0.2, 0.25) is 5.02 Å². The molecule has 1 heterocycles. The monoisotopic (exact) mass is 452 g/mol. The van der Waals surface area contributed by atoms with Gasteiger partial charge in [-0.15, -0.1) is 0 Å². The molecular formula is C21H29ClN4O3S. The fraction of sp³-hybridized carbons (Fsp3) is 0.524. The van der Waals surface area contributed by atoms with Gasteiger partial charge in [-0.3, -0.25) is 9.89 Å². The summed E-state index contributed by atoms with van der Waals surface area (Å²) in [5, 5.41) is 10.1. The zero-order valence-electron chi connectivity index (χ0n) is 17.4. The van der Waals surface area contributed by atoms with Crippen LogP contribution >= 0.6 is 11.6 Å². The summed E-state index contributed by atoms with van der Waals surface area (Å²) in [6.45, 7) is 4.24. The van der Waals surface area contributed by atoms with Crippen LogP contribution in [0.5, 0.6) is 0 Å². The van der Waals surface area contributed by atoms with Crippen molar-refractivity contribution in [3.05, 3.63) is 40.5 Å². The molecule has 1 aromatic heterocycles. The van der Waals surface area contributed by atoms with Crippen LogP contribution in [0.1, 0.15) is 62.0 Å². The second-order valence-electron chi connectivity index (χ2n) is 7.67. The van der Waals surface area contributed by atoms with Gasteiger partial charge < -0.3 is 5.32 Å². The lowest BCUT2D eigenvalue weighted by Gasteiger charge is -2.20. The number of amides is 1. The van der Waals surface area contributed by atoms with Crippen molar-refractivity contribution in [2.24, 2.45) is 5.92 Å². The van der Waals surface area contributed by atoms with Crippen LogP contribution < -0.4 is 5.32 Å². The van der Waals surface area contributed by atoms with E-state index >= 15 is 0 Å². The van der Waals surface area contributed by atoms with Gasteiger partial charge in [0.25, 0.3) is 5.91 Å². The van der Waals surface area contributed by atoms with Crippen LogP contribution in [0.15, 0.2) is 29.2 Å². The quantitative estimate of drug-likeness (QED) is 0.617. The van der Waals surface area contributed by atoms with Crippen LogP contribution in [0.3, 0.4) is 0 Å². The highest BCUT2D eigenvalue weighted by Crippen LogP contribution is 2.27. The Morgan fingerprint density at radius 1 is 1.20 bits per heavy atom. The molecule has 2 aromatic rings. The van der Waals surface area contributed by atoms with Crippen molar-refractivity contribution in [2.45, 2.75) is 57.3 Å². The number of nitrogens with zero attached hydrogens (tertiary/aromatic N) is 2. The molecule has 0 aliphatic heterocycles. The van der Waals surface area contributed by atoms with Gasteiger partial charge in [0.05, 0.1) is 15.5 Å². The van der Waals surface area contributed by atoms with Crippen molar-refractivity contribution in [3.8, 4) is 0 Å². The summed E-state index contributed by atoms with van der Waals surface area (Å²) >= 11 is 6.19. The van der Waals surface area contributed by atoms with E-state index in [0.29, 0.717) is 24.8 Å². The molecule has 0 spiro atoms. The number of H-pyrrole nitrogens is 1. The predicted molar refractivity (Wildman–Crippen MR) is 118 cm³/mol. The number of hydrogen-bond acceptors (Lipinski definition) is 4. The summed E-state index contributed by atoms with van der Waals surface area (Å²) in [7, 11) is -3.69. The van der Waals surface area contributed by atoms with Crippen molar-refractivity contribution in [3.63, 3.8) is 0 Å². The first-order chi connectivity index (χ1) is 14.3.